The Balaban J connectivity index is 1.93. The lowest BCUT2D eigenvalue weighted by atomic mass is 9.92. The van der Waals surface area contributed by atoms with Crippen molar-refractivity contribution in [1.82, 2.24) is 5.06 Å². The number of nitrogens with zero attached hydrogens (tertiary/aromatic N) is 1. The van der Waals surface area contributed by atoms with Gasteiger partial charge in [-0.1, -0.05) is 97.9 Å². The van der Waals surface area contributed by atoms with Crippen LogP contribution in [0.4, 0.5) is 0 Å². The van der Waals surface area contributed by atoms with Gasteiger partial charge in [0.05, 0.1) is 18.8 Å². The molecular weight excluding hydrogens is 450 g/mol. The van der Waals surface area contributed by atoms with Crippen molar-refractivity contribution >= 4 is 5.97 Å². The molecular formula is C31H39NO4. The van der Waals surface area contributed by atoms with E-state index in [0.29, 0.717) is 13.2 Å². The number of carbonyl (C=O) groups is 1. The molecule has 0 bridgehead atoms. The van der Waals surface area contributed by atoms with Gasteiger partial charge >= 0.3 is 5.97 Å². The average Bonchev–Trinajstić information content (AvgIpc) is 2.88. The Kier molecular flexibility index (Phi) is 10.2. The molecule has 3 aromatic carbocycles. The fourth-order valence-electron chi connectivity index (χ4n) is 4.32. The summed E-state index contributed by atoms with van der Waals surface area (Å²) in [5.41, 5.74) is 2.62. The van der Waals surface area contributed by atoms with Crippen molar-refractivity contribution in [3.05, 3.63) is 108 Å². The average molecular weight is 490 g/mol. The molecule has 0 amide bonds. The van der Waals surface area contributed by atoms with Crippen LogP contribution in [0.25, 0.3) is 0 Å². The Morgan fingerprint density at radius 1 is 0.861 bits per heavy atom. The highest BCUT2D eigenvalue weighted by Gasteiger charge is 2.41. The molecule has 0 aliphatic heterocycles. The summed E-state index contributed by atoms with van der Waals surface area (Å²) in [6.07, 6.45) is -0.134. The van der Waals surface area contributed by atoms with E-state index in [2.05, 4.69) is 32.9 Å². The first-order chi connectivity index (χ1) is 17.3. The van der Waals surface area contributed by atoms with Gasteiger partial charge in [0.1, 0.15) is 6.10 Å². The molecule has 5 nitrogen and oxygen atoms in total. The highest BCUT2D eigenvalue weighted by Crippen LogP contribution is 2.35. The van der Waals surface area contributed by atoms with Crippen molar-refractivity contribution in [2.45, 2.75) is 71.4 Å². The fourth-order valence-corrected chi connectivity index (χ4v) is 4.32. The second kappa shape index (κ2) is 13.4. The van der Waals surface area contributed by atoms with Gasteiger partial charge in [-0.25, -0.2) is 0 Å². The zero-order valence-electron chi connectivity index (χ0n) is 22.1. The minimum absolute atomic E-state index is 0.0912. The van der Waals surface area contributed by atoms with E-state index in [1.807, 2.05) is 90.8 Å². The van der Waals surface area contributed by atoms with Crippen LogP contribution >= 0.6 is 0 Å². The predicted molar refractivity (Wildman–Crippen MR) is 143 cm³/mol. The molecule has 0 N–H and O–H groups in total. The summed E-state index contributed by atoms with van der Waals surface area (Å²) in [6, 6.07) is 30.3. The van der Waals surface area contributed by atoms with Crippen LogP contribution in [-0.4, -0.2) is 29.4 Å². The fraction of sp³-hybridized carbons (Fsp3) is 0.387. The Morgan fingerprint density at radius 2 is 1.39 bits per heavy atom. The Bertz CT molecular complexity index is 1040. The molecule has 36 heavy (non-hydrogen) atoms. The van der Waals surface area contributed by atoms with Gasteiger partial charge in [-0.05, 0) is 43.9 Å². The molecule has 0 aliphatic rings. The van der Waals surface area contributed by atoms with Gasteiger partial charge in [-0.15, -0.1) is 5.06 Å². The molecule has 0 aromatic heterocycles. The summed E-state index contributed by atoms with van der Waals surface area (Å²) >= 11 is 0. The van der Waals surface area contributed by atoms with Crippen molar-refractivity contribution in [1.29, 1.82) is 0 Å². The minimum Gasteiger partial charge on any atom is -0.444 e. The Morgan fingerprint density at radius 3 is 1.92 bits per heavy atom. The quantitative estimate of drug-likeness (QED) is 0.146. The SMILES string of the molecule is CC[C@H](c1ccccc1)C(OC(C)=O)N(OC(C)c1ccccc1)C(C)(C)COCc1ccccc1. The standard InChI is InChI=1S/C31H39NO4/c1-6-29(28-20-14-9-15-21-28)30(35-25(3)33)32(36-24(2)27-18-12-8-13-19-27)31(4,5)23-34-22-26-16-10-7-11-17-26/h7-21,24,29-30H,6,22-23H2,1-5H3/t24?,29-,30?/m1/s1. The second-order valence-electron chi connectivity index (χ2n) is 9.70. The molecule has 0 spiro atoms. The first-order valence-corrected chi connectivity index (χ1v) is 12.7. The summed E-state index contributed by atoms with van der Waals surface area (Å²) in [4.78, 5) is 19.0. The first kappa shape index (κ1) is 27.6. The van der Waals surface area contributed by atoms with E-state index in [-0.39, 0.29) is 18.0 Å². The molecule has 0 radical (unpaired) electrons. The second-order valence-corrected chi connectivity index (χ2v) is 9.70. The Labute approximate surface area is 216 Å². The normalized spacial score (nSPS) is 14.3. The third-order valence-corrected chi connectivity index (χ3v) is 6.23. The highest BCUT2D eigenvalue weighted by molar-refractivity contribution is 5.66. The number of ether oxygens (including phenoxy) is 2. The van der Waals surface area contributed by atoms with Crippen LogP contribution in [0.1, 0.15) is 69.8 Å². The summed E-state index contributed by atoms with van der Waals surface area (Å²) < 4.78 is 12.2. The summed E-state index contributed by atoms with van der Waals surface area (Å²) in [5, 5.41) is 1.85. The van der Waals surface area contributed by atoms with E-state index in [9.17, 15) is 4.79 Å². The van der Waals surface area contributed by atoms with Crippen LogP contribution in [0.2, 0.25) is 0 Å². The number of rotatable bonds is 13. The number of esters is 1. The van der Waals surface area contributed by atoms with Crippen LogP contribution < -0.4 is 0 Å². The largest absolute Gasteiger partial charge is 0.444 e. The third kappa shape index (κ3) is 7.76. The number of hydroxylamine groups is 2. The van der Waals surface area contributed by atoms with Gasteiger partial charge in [0, 0.05) is 12.8 Å². The molecule has 0 saturated heterocycles. The van der Waals surface area contributed by atoms with Crippen molar-refractivity contribution in [2.75, 3.05) is 6.61 Å². The van der Waals surface area contributed by atoms with E-state index in [0.717, 1.165) is 23.1 Å². The molecule has 5 heteroatoms. The van der Waals surface area contributed by atoms with Crippen molar-refractivity contribution < 1.29 is 19.1 Å². The molecule has 2 unspecified atom stereocenters. The van der Waals surface area contributed by atoms with Gasteiger partial charge in [-0.2, -0.15) is 0 Å². The summed E-state index contributed by atoms with van der Waals surface area (Å²) in [7, 11) is 0. The topological polar surface area (TPSA) is 48.0 Å². The molecule has 3 rings (SSSR count). The van der Waals surface area contributed by atoms with Crippen LogP contribution in [0.15, 0.2) is 91.0 Å². The van der Waals surface area contributed by atoms with Crippen molar-refractivity contribution in [3.63, 3.8) is 0 Å². The lowest BCUT2D eigenvalue weighted by molar-refractivity contribution is -0.321. The maximum atomic E-state index is 12.4. The number of hydrogen-bond acceptors (Lipinski definition) is 5. The zero-order chi connectivity index (χ0) is 26.0. The van der Waals surface area contributed by atoms with Crippen LogP contribution in [0.3, 0.4) is 0 Å². The van der Waals surface area contributed by atoms with Crippen molar-refractivity contribution in [2.24, 2.45) is 0 Å². The lowest BCUT2D eigenvalue weighted by Crippen LogP contribution is -2.56. The third-order valence-electron chi connectivity index (χ3n) is 6.23. The maximum absolute atomic E-state index is 12.4. The molecule has 3 atom stereocenters. The molecule has 0 fully saturated rings. The van der Waals surface area contributed by atoms with E-state index in [1.54, 1.807) is 0 Å². The Hall–Kier alpha value is -2.99. The zero-order valence-corrected chi connectivity index (χ0v) is 22.1. The maximum Gasteiger partial charge on any atom is 0.304 e. The summed E-state index contributed by atoms with van der Waals surface area (Å²) in [5.74, 6) is -0.442. The lowest BCUT2D eigenvalue weighted by Gasteiger charge is -2.45. The number of benzene rings is 3. The van der Waals surface area contributed by atoms with E-state index >= 15 is 0 Å². The van der Waals surface area contributed by atoms with Gasteiger partial charge < -0.3 is 9.47 Å². The van der Waals surface area contributed by atoms with Crippen LogP contribution in [-0.2, 0) is 25.7 Å². The van der Waals surface area contributed by atoms with Gasteiger partial charge in [0.15, 0.2) is 6.23 Å². The molecule has 3 aromatic rings. The summed E-state index contributed by atoms with van der Waals surface area (Å²) in [6.45, 7) is 10.5. The molecule has 192 valence electrons. The van der Waals surface area contributed by atoms with Gasteiger partial charge in [-0.3, -0.25) is 9.63 Å². The molecule has 0 saturated carbocycles. The monoisotopic (exact) mass is 489 g/mol. The van der Waals surface area contributed by atoms with Gasteiger partial charge in [0.25, 0.3) is 0 Å². The van der Waals surface area contributed by atoms with Crippen molar-refractivity contribution in [3.8, 4) is 0 Å². The van der Waals surface area contributed by atoms with Crippen LogP contribution in [0, 0.1) is 0 Å². The number of carbonyl (C=O) groups excluding carboxylic acids is 1. The minimum atomic E-state index is -0.642. The van der Waals surface area contributed by atoms with E-state index in [1.165, 1.54) is 6.92 Å². The molecule has 0 heterocycles. The number of hydrogen-bond donors (Lipinski definition) is 0. The van der Waals surface area contributed by atoms with E-state index in [4.69, 9.17) is 14.3 Å². The van der Waals surface area contributed by atoms with Gasteiger partial charge in [0.2, 0.25) is 0 Å². The molecule has 0 aliphatic carbocycles. The first-order valence-electron chi connectivity index (χ1n) is 12.7. The predicted octanol–water partition coefficient (Wildman–Crippen LogP) is 7.06. The highest BCUT2D eigenvalue weighted by atomic mass is 16.7. The van der Waals surface area contributed by atoms with E-state index < -0.39 is 11.8 Å². The smallest absolute Gasteiger partial charge is 0.304 e. The van der Waals surface area contributed by atoms with Crippen LogP contribution in [0.5, 0.6) is 0 Å².